The van der Waals surface area contributed by atoms with Crippen LogP contribution in [-0.2, 0) is 10.9 Å². The van der Waals surface area contributed by atoms with Gasteiger partial charge in [-0.3, -0.25) is 0 Å². The molecular weight excluding hydrogens is 400 g/mol. The lowest BCUT2D eigenvalue weighted by atomic mass is 10.1. The molecule has 2 aromatic carbocycles. The Labute approximate surface area is 162 Å². The van der Waals surface area contributed by atoms with Gasteiger partial charge in [0.2, 0.25) is 0 Å². The van der Waals surface area contributed by atoms with Gasteiger partial charge in [0.25, 0.3) is 0 Å². The Morgan fingerprint density at radius 1 is 1.18 bits per heavy atom. The number of carbonyl (C=O) groups excluding carboxylic acids is 1. The van der Waals surface area contributed by atoms with Crippen molar-refractivity contribution >= 4 is 17.6 Å². The van der Waals surface area contributed by atoms with Crippen molar-refractivity contribution in [2.45, 2.75) is 13.1 Å². The Morgan fingerprint density at radius 3 is 2.57 bits per heavy atom. The third-order valence-corrected chi connectivity index (χ3v) is 4.00. The molecule has 0 saturated carbocycles. The fourth-order valence-electron chi connectivity index (χ4n) is 2.60. The number of aromatic nitrogens is 2. The molecule has 0 atom stereocenters. The van der Waals surface area contributed by atoms with Gasteiger partial charge in [-0.15, -0.1) is 0 Å². The molecule has 146 valence electrons. The molecule has 28 heavy (non-hydrogen) atoms. The second-order valence-electron chi connectivity index (χ2n) is 5.75. The zero-order chi connectivity index (χ0) is 20.5. The molecule has 0 unspecified atom stereocenters. The third kappa shape index (κ3) is 4.17. The summed E-state index contributed by atoms with van der Waals surface area (Å²) in [6.45, 7) is 1.70. The summed E-state index contributed by atoms with van der Waals surface area (Å²) in [7, 11) is 0. The summed E-state index contributed by atoms with van der Waals surface area (Å²) in [6.07, 6.45) is -4.73. The normalized spacial score (nSPS) is 11.5. The summed E-state index contributed by atoms with van der Waals surface area (Å²) in [5, 5.41) is 4.47. The lowest BCUT2D eigenvalue weighted by Crippen LogP contribution is -2.07. The molecule has 3 rings (SSSR count). The smallest absolute Gasteiger partial charge is 0.416 e. The highest BCUT2D eigenvalue weighted by molar-refractivity contribution is 6.30. The monoisotopic (exact) mass is 412 g/mol. The molecule has 3 aromatic rings. The number of hydrogen-bond donors (Lipinski definition) is 0. The SMILES string of the molecule is CCOC(=O)c1cc(-c2cc(F)cc(C(F)(F)F)c2)n(-c2cccc(Cl)c2)n1. The second kappa shape index (κ2) is 7.63. The van der Waals surface area contributed by atoms with Crippen LogP contribution in [0.15, 0.2) is 48.5 Å². The number of alkyl halides is 3. The summed E-state index contributed by atoms with van der Waals surface area (Å²) < 4.78 is 59.3. The van der Waals surface area contributed by atoms with E-state index in [9.17, 15) is 22.4 Å². The van der Waals surface area contributed by atoms with Gasteiger partial charge in [0, 0.05) is 10.6 Å². The van der Waals surface area contributed by atoms with Crippen LogP contribution in [0.2, 0.25) is 5.02 Å². The molecule has 0 radical (unpaired) electrons. The third-order valence-electron chi connectivity index (χ3n) is 3.77. The van der Waals surface area contributed by atoms with Gasteiger partial charge in [-0.1, -0.05) is 17.7 Å². The molecule has 9 heteroatoms. The Hall–Kier alpha value is -2.87. The molecule has 0 saturated heterocycles. The molecule has 0 N–H and O–H groups in total. The largest absolute Gasteiger partial charge is 0.461 e. The van der Waals surface area contributed by atoms with Crippen molar-refractivity contribution in [3.05, 3.63) is 70.6 Å². The molecular formula is C19H13ClF4N2O2. The lowest BCUT2D eigenvalue weighted by molar-refractivity contribution is -0.137. The van der Waals surface area contributed by atoms with Crippen LogP contribution >= 0.6 is 11.6 Å². The average molecular weight is 413 g/mol. The van der Waals surface area contributed by atoms with Gasteiger partial charge in [-0.25, -0.2) is 13.9 Å². The summed E-state index contributed by atoms with van der Waals surface area (Å²) in [4.78, 5) is 12.1. The van der Waals surface area contributed by atoms with E-state index < -0.39 is 23.5 Å². The van der Waals surface area contributed by atoms with Crippen LogP contribution in [0.5, 0.6) is 0 Å². The van der Waals surface area contributed by atoms with E-state index in [2.05, 4.69) is 5.10 Å². The van der Waals surface area contributed by atoms with E-state index in [1.54, 1.807) is 25.1 Å². The van der Waals surface area contributed by atoms with Crippen LogP contribution in [0.3, 0.4) is 0 Å². The number of benzene rings is 2. The van der Waals surface area contributed by atoms with Gasteiger partial charge < -0.3 is 4.74 Å². The molecule has 0 aliphatic heterocycles. The predicted octanol–water partition coefficient (Wildman–Crippen LogP) is 5.53. The highest BCUT2D eigenvalue weighted by Gasteiger charge is 2.32. The van der Waals surface area contributed by atoms with Crippen LogP contribution in [0, 0.1) is 5.82 Å². The maximum atomic E-state index is 13.9. The van der Waals surface area contributed by atoms with E-state index in [4.69, 9.17) is 16.3 Å². The summed E-state index contributed by atoms with van der Waals surface area (Å²) >= 11 is 5.98. The first-order valence-electron chi connectivity index (χ1n) is 8.10. The van der Waals surface area contributed by atoms with Crippen LogP contribution in [0.25, 0.3) is 16.9 Å². The zero-order valence-corrected chi connectivity index (χ0v) is 15.2. The Kier molecular flexibility index (Phi) is 5.42. The molecule has 0 spiro atoms. The van der Waals surface area contributed by atoms with Gasteiger partial charge in [0.05, 0.1) is 23.6 Å². The van der Waals surface area contributed by atoms with Gasteiger partial charge in [-0.2, -0.15) is 18.3 Å². The second-order valence-corrected chi connectivity index (χ2v) is 6.19. The molecule has 0 bridgehead atoms. The quantitative estimate of drug-likeness (QED) is 0.418. The van der Waals surface area contributed by atoms with Gasteiger partial charge in [-0.05, 0) is 49.4 Å². The standard InChI is InChI=1S/C19H13ClF4N2O2/c1-2-28-18(27)16-10-17(26(25-16)15-5-3-4-13(20)9-15)11-6-12(19(22,23)24)8-14(21)7-11/h3-10H,2H2,1H3. The van der Waals surface area contributed by atoms with Crippen LogP contribution in [0.4, 0.5) is 17.6 Å². The van der Waals surface area contributed by atoms with Crippen LogP contribution < -0.4 is 0 Å². The summed E-state index contributed by atoms with van der Waals surface area (Å²) in [5.74, 6) is -1.82. The van der Waals surface area contributed by atoms with E-state index in [1.807, 2.05) is 0 Å². The number of hydrogen-bond acceptors (Lipinski definition) is 3. The van der Waals surface area contributed by atoms with Crippen molar-refractivity contribution in [2.24, 2.45) is 0 Å². The van der Waals surface area contributed by atoms with Crippen LogP contribution in [-0.4, -0.2) is 22.4 Å². The number of esters is 1. The van der Waals surface area contributed by atoms with Crippen molar-refractivity contribution in [1.82, 2.24) is 9.78 Å². The fourth-order valence-corrected chi connectivity index (χ4v) is 2.78. The first-order chi connectivity index (χ1) is 13.2. The fraction of sp³-hybridized carbons (Fsp3) is 0.158. The number of nitrogens with zero attached hydrogens (tertiary/aromatic N) is 2. The zero-order valence-electron chi connectivity index (χ0n) is 14.4. The van der Waals surface area contributed by atoms with Crippen molar-refractivity contribution in [1.29, 1.82) is 0 Å². The van der Waals surface area contributed by atoms with Gasteiger partial charge in [0.15, 0.2) is 5.69 Å². The Bertz CT molecular complexity index is 1030. The van der Waals surface area contributed by atoms with Crippen molar-refractivity contribution < 1.29 is 27.1 Å². The summed E-state index contributed by atoms with van der Waals surface area (Å²) in [5.41, 5.74) is -0.921. The predicted molar refractivity (Wildman–Crippen MR) is 94.9 cm³/mol. The lowest BCUT2D eigenvalue weighted by Gasteiger charge is -2.11. The highest BCUT2D eigenvalue weighted by Crippen LogP contribution is 2.34. The van der Waals surface area contributed by atoms with Gasteiger partial charge in [0.1, 0.15) is 5.82 Å². The van der Waals surface area contributed by atoms with E-state index >= 15 is 0 Å². The molecule has 1 heterocycles. The van der Waals surface area contributed by atoms with E-state index in [0.717, 1.165) is 12.1 Å². The minimum atomic E-state index is -4.73. The van der Waals surface area contributed by atoms with Crippen molar-refractivity contribution in [3.63, 3.8) is 0 Å². The van der Waals surface area contributed by atoms with E-state index in [-0.39, 0.29) is 23.6 Å². The number of ether oxygens (including phenoxy) is 1. The maximum Gasteiger partial charge on any atom is 0.416 e. The molecule has 0 fully saturated rings. The molecule has 0 aliphatic rings. The molecule has 4 nitrogen and oxygen atoms in total. The molecule has 0 aliphatic carbocycles. The van der Waals surface area contributed by atoms with Crippen LogP contribution in [0.1, 0.15) is 23.0 Å². The van der Waals surface area contributed by atoms with E-state index in [0.29, 0.717) is 16.8 Å². The maximum absolute atomic E-state index is 13.9. The Balaban J connectivity index is 2.22. The first-order valence-corrected chi connectivity index (χ1v) is 8.48. The minimum absolute atomic E-state index is 0.0790. The van der Waals surface area contributed by atoms with Crippen molar-refractivity contribution in [2.75, 3.05) is 6.61 Å². The first kappa shape index (κ1) is 19.9. The van der Waals surface area contributed by atoms with Crippen molar-refractivity contribution in [3.8, 4) is 16.9 Å². The number of carbonyl (C=O) groups is 1. The summed E-state index contributed by atoms with van der Waals surface area (Å²) in [6, 6.07) is 9.69. The number of rotatable bonds is 4. The topological polar surface area (TPSA) is 44.1 Å². The van der Waals surface area contributed by atoms with Gasteiger partial charge >= 0.3 is 12.1 Å². The van der Waals surface area contributed by atoms with E-state index in [1.165, 1.54) is 16.8 Å². The molecule has 1 aromatic heterocycles. The highest BCUT2D eigenvalue weighted by atomic mass is 35.5. The Morgan fingerprint density at radius 2 is 1.93 bits per heavy atom. The molecule has 0 amide bonds. The minimum Gasteiger partial charge on any atom is -0.461 e. The average Bonchev–Trinajstić information content (AvgIpc) is 3.06. The number of halogens is 5.